The lowest BCUT2D eigenvalue weighted by atomic mass is 9.84. The summed E-state index contributed by atoms with van der Waals surface area (Å²) in [6, 6.07) is 0.582. The summed E-state index contributed by atoms with van der Waals surface area (Å²) < 4.78 is 11.1. The monoisotopic (exact) mass is 243 g/mol. The molecule has 0 aromatic carbocycles. The maximum atomic E-state index is 5.54. The van der Waals surface area contributed by atoms with E-state index in [1.54, 1.807) is 0 Å². The van der Waals surface area contributed by atoms with Gasteiger partial charge in [-0.15, -0.1) is 0 Å². The van der Waals surface area contributed by atoms with Crippen molar-refractivity contribution < 1.29 is 9.47 Å². The molecule has 1 saturated carbocycles. The minimum atomic E-state index is -0.0870. The van der Waals surface area contributed by atoms with E-state index in [0.29, 0.717) is 19.3 Å². The van der Waals surface area contributed by atoms with Crippen molar-refractivity contribution in [1.29, 1.82) is 0 Å². The lowest BCUT2D eigenvalue weighted by molar-refractivity contribution is -0.134. The average Bonchev–Trinajstić information content (AvgIpc) is 2.37. The van der Waals surface area contributed by atoms with Crippen LogP contribution in [-0.4, -0.2) is 32.1 Å². The molecule has 0 aromatic rings. The lowest BCUT2D eigenvalue weighted by Crippen LogP contribution is -2.41. The fourth-order valence-electron chi connectivity index (χ4n) is 2.62. The molecule has 0 spiro atoms. The van der Waals surface area contributed by atoms with Gasteiger partial charge in [0.2, 0.25) is 0 Å². The van der Waals surface area contributed by atoms with Crippen LogP contribution in [0.4, 0.5) is 0 Å². The van der Waals surface area contributed by atoms with Gasteiger partial charge in [0.15, 0.2) is 6.29 Å². The zero-order valence-electron chi connectivity index (χ0n) is 11.7. The van der Waals surface area contributed by atoms with Crippen LogP contribution in [0.3, 0.4) is 0 Å². The molecule has 1 aliphatic carbocycles. The Bertz CT molecular complexity index is 175. The first-order chi connectivity index (χ1) is 8.27. The number of nitrogens with one attached hydrogen (secondary N) is 1. The van der Waals surface area contributed by atoms with E-state index in [9.17, 15) is 0 Å². The largest absolute Gasteiger partial charge is 0.352 e. The molecule has 0 aromatic heterocycles. The second-order valence-electron chi connectivity index (χ2n) is 4.94. The highest BCUT2D eigenvalue weighted by molar-refractivity contribution is 4.76. The van der Waals surface area contributed by atoms with Crippen LogP contribution in [0, 0.1) is 5.92 Å². The Hall–Kier alpha value is -0.120. The van der Waals surface area contributed by atoms with E-state index in [0.717, 1.165) is 12.5 Å². The Balaban J connectivity index is 2.21. The number of ether oxygens (including phenoxy) is 2. The maximum absolute atomic E-state index is 5.54. The van der Waals surface area contributed by atoms with Gasteiger partial charge < -0.3 is 14.8 Å². The Labute approximate surface area is 106 Å². The van der Waals surface area contributed by atoms with Gasteiger partial charge in [0, 0.05) is 25.8 Å². The van der Waals surface area contributed by atoms with Gasteiger partial charge >= 0.3 is 0 Å². The van der Waals surface area contributed by atoms with E-state index < -0.39 is 0 Å². The third-order valence-electron chi connectivity index (χ3n) is 3.67. The fraction of sp³-hybridized carbons (Fsp3) is 1.00. The molecule has 1 unspecified atom stereocenters. The van der Waals surface area contributed by atoms with Gasteiger partial charge in [-0.25, -0.2) is 0 Å². The van der Waals surface area contributed by atoms with Crippen LogP contribution >= 0.6 is 0 Å². The molecule has 102 valence electrons. The molecule has 3 nitrogen and oxygen atoms in total. The second-order valence-corrected chi connectivity index (χ2v) is 4.94. The summed E-state index contributed by atoms with van der Waals surface area (Å²) in [4.78, 5) is 0. The van der Waals surface area contributed by atoms with Crippen LogP contribution in [0.1, 0.15) is 52.9 Å². The summed E-state index contributed by atoms with van der Waals surface area (Å²) in [5.74, 6) is 0.840. The Kier molecular flexibility index (Phi) is 7.82. The van der Waals surface area contributed by atoms with Crippen LogP contribution in [-0.2, 0) is 9.47 Å². The van der Waals surface area contributed by atoms with Gasteiger partial charge in [-0.1, -0.05) is 19.3 Å². The summed E-state index contributed by atoms with van der Waals surface area (Å²) in [5.41, 5.74) is 0. The minimum absolute atomic E-state index is 0.0870. The van der Waals surface area contributed by atoms with Crippen LogP contribution in [0.15, 0.2) is 0 Å². The fourth-order valence-corrected chi connectivity index (χ4v) is 2.62. The van der Waals surface area contributed by atoms with Crippen molar-refractivity contribution >= 4 is 0 Å². The van der Waals surface area contributed by atoms with Gasteiger partial charge in [-0.2, -0.15) is 0 Å². The van der Waals surface area contributed by atoms with Crippen molar-refractivity contribution in [3.05, 3.63) is 0 Å². The first kappa shape index (κ1) is 14.9. The molecule has 0 saturated heterocycles. The third-order valence-corrected chi connectivity index (χ3v) is 3.67. The minimum Gasteiger partial charge on any atom is -0.352 e. The molecule has 0 radical (unpaired) electrons. The third kappa shape index (κ3) is 5.84. The maximum Gasteiger partial charge on any atom is 0.169 e. The van der Waals surface area contributed by atoms with Crippen LogP contribution in [0.5, 0.6) is 0 Å². The molecule has 17 heavy (non-hydrogen) atoms. The highest BCUT2D eigenvalue weighted by atomic mass is 16.7. The normalized spacial score (nSPS) is 19.8. The first-order valence-corrected chi connectivity index (χ1v) is 7.24. The summed E-state index contributed by atoms with van der Waals surface area (Å²) >= 11 is 0. The zero-order chi connectivity index (χ0) is 12.5. The molecular weight excluding hydrogens is 214 g/mol. The van der Waals surface area contributed by atoms with Gasteiger partial charge in [-0.05, 0) is 39.5 Å². The molecule has 0 amide bonds. The van der Waals surface area contributed by atoms with Crippen molar-refractivity contribution in [2.75, 3.05) is 19.8 Å². The Morgan fingerprint density at radius 1 is 1.06 bits per heavy atom. The predicted molar refractivity (Wildman–Crippen MR) is 71.1 cm³/mol. The Morgan fingerprint density at radius 2 is 1.65 bits per heavy atom. The molecule has 1 N–H and O–H groups in total. The van der Waals surface area contributed by atoms with E-state index >= 15 is 0 Å². The second kappa shape index (κ2) is 8.90. The van der Waals surface area contributed by atoms with Crippen molar-refractivity contribution in [3.63, 3.8) is 0 Å². The van der Waals surface area contributed by atoms with Crippen molar-refractivity contribution in [1.82, 2.24) is 5.32 Å². The average molecular weight is 243 g/mol. The van der Waals surface area contributed by atoms with Crippen LogP contribution in [0.25, 0.3) is 0 Å². The standard InChI is InChI=1S/C14H29NO2/c1-4-16-14(17-5-2)11-15-12(3)13-9-7-6-8-10-13/h12-15H,4-11H2,1-3H3. The molecule has 3 heteroatoms. The SMILES string of the molecule is CCOC(CNC(C)C1CCCCC1)OCC. The van der Waals surface area contributed by atoms with Crippen LogP contribution < -0.4 is 5.32 Å². The van der Waals surface area contributed by atoms with Gasteiger partial charge in [0.05, 0.1) is 0 Å². The van der Waals surface area contributed by atoms with E-state index in [2.05, 4.69) is 12.2 Å². The molecule has 0 aliphatic heterocycles. The van der Waals surface area contributed by atoms with E-state index in [1.165, 1.54) is 32.1 Å². The van der Waals surface area contributed by atoms with Gasteiger partial charge in [0.1, 0.15) is 0 Å². The predicted octanol–water partition coefficient (Wildman–Crippen LogP) is 2.94. The molecule has 1 atom stereocenters. The molecule has 0 heterocycles. The first-order valence-electron chi connectivity index (χ1n) is 7.24. The number of rotatable bonds is 8. The smallest absolute Gasteiger partial charge is 0.169 e. The number of hydrogen-bond donors (Lipinski definition) is 1. The highest BCUT2D eigenvalue weighted by Gasteiger charge is 2.20. The van der Waals surface area contributed by atoms with Crippen molar-refractivity contribution in [2.45, 2.75) is 65.2 Å². The molecule has 1 rings (SSSR count). The molecular formula is C14H29NO2. The highest BCUT2D eigenvalue weighted by Crippen LogP contribution is 2.26. The summed E-state index contributed by atoms with van der Waals surface area (Å²) in [6.07, 6.45) is 6.89. The van der Waals surface area contributed by atoms with Crippen LogP contribution in [0.2, 0.25) is 0 Å². The summed E-state index contributed by atoms with van der Waals surface area (Å²) in [6.45, 7) is 8.55. The van der Waals surface area contributed by atoms with Crippen molar-refractivity contribution in [2.24, 2.45) is 5.92 Å². The molecule has 1 aliphatic rings. The summed E-state index contributed by atoms with van der Waals surface area (Å²) in [7, 11) is 0. The van der Waals surface area contributed by atoms with E-state index in [4.69, 9.17) is 9.47 Å². The Morgan fingerprint density at radius 3 is 2.18 bits per heavy atom. The number of hydrogen-bond acceptors (Lipinski definition) is 3. The molecule has 0 bridgehead atoms. The zero-order valence-corrected chi connectivity index (χ0v) is 11.7. The lowest BCUT2D eigenvalue weighted by Gasteiger charge is -2.29. The summed E-state index contributed by atoms with van der Waals surface area (Å²) in [5, 5.41) is 3.57. The van der Waals surface area contributed by atoms with E-state index in [-0.39, 0.29) is 6.29 Å². The van der Waals surface area contributed by atoms with Crippen molar-refractivity contribution in [3.8, 4) is 0 Å². The quantitative estimate of drug-likeness (QED) is 0.665. The van der Waals surface area contributed by atoms with Gasteiger partial charge in [0.25, 0.3) is 0 Å². The van der Waals surface area contributed by atoms with Gasteiger partial charge in [-0.3, -0.25) is 0 Å². The van der Waals surface area contributed by atoms with E-state index in [1.807, 2.05) is 13.8 Å². The molecule has 1 fully saturated rings. The topological polar surface area (TPSA) is 30.5 Å².